The van der Waals surface area contributed by atoms with Crippen LogP contribution in [0.5, 0.6) is 0 Å². The summed E-state index contributed by atoms with van der Waals surface area (Å²) in [7, 11) is 1.72. The molecule has 0 aromatic heterocycles. The maximum absolute atomic E-state index is 12.2. The lowest BCUT2D eigenvalue weighted by Gasteiger charge is -2.29. The fourth-order valence-corrected chi connectivity index (χ4v) is 3.75. The molecule has 23 heavy (non-hydrogen) atoms. The van der Waals surface area contributed by atoms with E-state index in [-0.39, 0.29) is 18.2 Å². The Hall–Kier alpha value is -0.810. The van der Waals surface area contributed by atoms with Crippen LogP contribution in [-0.2, 0) is 9.47 Å². The third-order valence-electron chi connectivity index (χ3n) is 4.93. The van der Waals surface area contributed by atoms with Gasteiger partial charge in [-0.25, -0.2) is 4.79 Å². The highest BCUT2D eigenvalue weighted by Crippen LogP contribution is 2.28. The molecule has 2 fully saturated rings. The molecule has 1 heterocycles. The Morgan fingerprint density at radius 3 is 2.61 bits per heavy atom. The smallest absolute Gasteiger partial charge is 0.410 e. The Kier molecular flexibility index (Phi) is 6.32. The van der Waals surface area contributed by atoms with Crippen LogP contribution >= 0.6 is 0 Å². The predicted octanol–water partition coefficient (Wildman–Crippen LogP) is 3.04. The lowest BCUT2D eigenvalue weighted by molar-refractivity contribution is 0.0252. The van der Waals surface area contributed by atoms with Crippen LogP contribution in [0.2, 0.25) is 0 Å². The molecule has 1 aliphatic heterocycles. The van der Waals surface area contributed by atoms with Gasteiger partial charge < -0.3 is 19.7 Å². The van der Waals surface area contributed by atoms with Gasteiger partial charge in [0.25, 0.3) is 0 Å². The molecule has 1 saturated heterocycles. The van der Waals surface area contributed by atoms with Crippen molar-refractivity contribution in [2.45, 2.75) is 71.1 Å². The van der Waals surface area contributed by atoms with E-state index in [0.29, 0.717) is 13.1 Å². The minimum Gasteiger partial charge on any atom is -0.444 e. The SMILES string of the molecule is CO[C@H]1CN(C(=O)OC(C)(C)C)CC1NCC1CCCC(C)C1. The third-order valence-corrected chi connectivity index (χ3v) is 4.93. The van der Waals surface area contributed by atoms with Gasteiger partial charge in [0.05, 0.1) is 18.7 Å². The van der Waals surface area contributed by atoms with Crippen molar-refractivity contribution >= 4 is 6.09 Å². The van der Waals surface area contributed by atoms with Gasteiger partial charge in [0, 0.05) is 13.7 Å². The average Bonchev–Trinajstić information content (AvgIpc) is 2.87. The summed E-state index contributed by atoms with van der Waals surface area (Å²) in [4.78, 5) is 14.0. The molecular weight excluding hydrogens is 292 g/mol. The van der Waals surface area contributed by atoms with E-state index in [1.165, 1.54) is 25.7 Å². The van der Waals surface area contributed by atoms with Crippen molar-refractivity contribution < 1.29 is 14.3 Å². The molecule has 0 radical (unpaired) electrons. The zero-order valence-electron chi connectivity index (χ0n) is 15.4. The van der Waals surface area contributed by atoms with Crippen molar-refractivity contribution in [3.63, 3.8) is 0 Å². The van der Waals surface area contributed by atoms with Gasteiger partial charge in [-0.15, -0.1) is 0 Å². The van der Waals surface area contributed by atoms with Gasteiger partial charge >= 0.3 is 6.09 Å². The first-order chi connectivity index (χ1) is 10.8. The van der Waals surface area contributed by atoms with Crippen molar-refractivity contribution in [3.05, 3.63) is 0 Å². The number of nitrogens with zero attached hydrogens (tertiary/aromatic N) is 1. The first kappa shape index (κ1) is 18.5. The van der Waals surface area contributed by atoms with Crippen molar-refractivity contribution in [2.75, 3.05) is 26.7 Å². The van der Waals surface area contributed by atoms with Gasteiger partial charge in [-0.05, 0) is 52.0 Å². The number of nitrogens with one attached hydrogen (secondary N) is 1. The summed E-state index contributed by atoms with van der Waals surface area (Å²) in [6.45, 7) is 10.3. The highest BCUT2D eigenvalue weighted by atomic mass is 16.6. The van der Waals surface area contributed by atoms with Crippen LogP contribution in [0.4, 0.5) is 4.79 Å². The minimum atomic E-state index is -0.455. The Bertz CT molecular complexity index is 394. The fourth-order valence-electron chi connectivity index (χ4n) is 3.75. The minimum absolute atomic E-state index is 0.0449. The quantitative estimate of drug-likeness (QED) is 0.863. The zero-order valence-corrected chi connectivity index (χ0v) is 15.4. The van der Waals surface area contributed by atoms with Crippen LogP contribution in [-0.4, -0.2) is 55.5 Å². The molecule has 1 N–H and O–H groups in total. The van der Waals surface area contributed by atoms with Gasteiger partial charge in [-0.1, -0.05) is 19.8 Å². The van der Waals surface area contributed by atoms with Crippen LogP contribution in [0.3, 0.4) is 0 Å². The highest BCUT2D eigenvalue weighted by Gasteiger charge is 2.37. The molecule has 1 aliphatic carbocycles. The van der Waals surface area contributed by atoms with E-state index >= 15 is 0 Å². The lowest BCUT2D eigenvalue weighted by atomic mass is 9.82. The topological polar surface area (TPSA) is 50.8 Å². The van der Waals surface area contributed by atoms with E-state index in [2.05, 4.69) is 12.2 Å². The maximum Gasteiger partial charge on any atom is 0.410 e. The van der Waals surface area contributed by atoms with Crippen molar-refractivity contribution in [3.8, 4) is 0 Å². The fraction of sp³-hybridized carbons (Fsp3) is 0.944. The summed E-state index contributed by atoms with van der Waals surface area (Å²) in [6.07, 6.45) is 5.15. The predicted molar refractivity (Wildman–Crippen MR) is 91.5 cm³/mol. The molecule has 134 valence electrons. The number of methoxy groups -OCH3 is 1. The summed E-state index contributed by atoms with van der Waals surface area (Å²) < 4.78 is 11.1. The first-order valence-electron chi connectivity index (χ1n) is 9.02. The number of ether oxygens (including phenoxy) is 2. The van der Waals surface area contributed by atoms with E-state index in [1.54, 1.807) is 12.0 Å². The van der Waals surface area contributed by atoms with Gasteiger partial charge in [0.2, 0.25) is 0 Å². The molecule has 4 atom stereocenters. The lowest BCUT2D eigenvalue weighted by Crippen LogP contribution is -2.43. The molecule has 3 unspecified atom stereocenters. The Morgan fingerprint density at radius 1 is 1.26 bits per heavy atom. The zero-order chi connectivity index (χ0) is 17.0. The van der Waals surface area contributed by atoms with E-state index in [0.717, 1.165) is 18.4 Å². The molecule has 5 heteroatoms. The second kappa shape index (κ2) is 7.84. The molecule has 0 aromatic rings. The van der Waals surface area contributed by atoms with Crippen molar-refractivity contribution in [1.82, 2.24) is 10.2 Å². The monoisotopic (exact) mass is 326 g/mol. The molecular formula is C18H34N2O3. The standard InChI is InChI=1S/C18H34N2O3/c1-13-7-6-8-14(9-13)10-19-15-11-20(12-16(15)22-5)17(21)23-18(2,3)4/h13-16,19H,6-12H2,1-5H3/t13?,14?,15?,16-/m0/s1. The number of amides is 1. The number of rotatable bonds is 4. The Morgan fingerprint density at radius 2 is 2.00 bits per heavy atom. The molecule has 2 rings (SSSR count). The van der Waals surface area contributed by atoms with Gasteiger partial charge in [0.15, 0.2) is 0 Å². The van der Waals surface area contributed by atoms with Gasteiger partial charge in [-0.3, -0.25) is 0 Å². The Labute approximate surface area is 141 Å². The number of likely N-dealkylation sites (tertiary alicyclic amines) is 1. The first-order valence-corrected chi connectivity index (χ1v) is 9.02. The van der Waals surface area contributed by atoms with E-state index in [1.807, 2.05) is 20.8 Å². The second-order valence-corrected chi connectivity index (χ2v) is 8.31. The van der Waals surface area contributed by atoms with E-state index in [9.17, 15) is 4.79 Å². The summed E-state index contributed by atoms with van der Waals surface area (Å²) in [5.41, 5.74) is -0.455. The van der Waals surface area contributed by atoms with E-state index < -0.39 is 5.60 Å². The average molecular weight is 326 g/mol. The molecule has 5 nitrogen and oxygen atoms in total. The highest BCUT2D eigenvalue weighted by molar-refractivity contribution is 5.68. The molecule has 2 aliphatic rings. The van der Waals surface area contributed by atoms with Crippen LogP contribution in [0.15, 0.2) is 0 Å². The largest absolute Gasteiger partial charge is 0.444 e. The Balaban J connectivity index is 1.83. The summed E-state index contributed by atoms with van der Waals surface area (Å²) in [5, 5.41) is 3.65. The summed E-state index contributed by atoms with van der Waals surface area (Å²) in [6, 6.07) is 0.199. The van der Waals surface area contributed by atoms with Crippen molar-refractivity contribution in [1.29, 1.82) is 0 Å². The number of hydrogen-bond donors (Lipinski definition) is 1. The molecule has 1 saturated carbocycles. The number of carbonyl (C=O) groups excluding carboxylic acids is 1. The molecule has 0 spiro atoms. The summed E-state index contributed by atoms with van der Waals surface area (Å²) >= 11 is 0. The van der Waals surface area contributed by atoms with Crippen LogP contribution in [0.1, 0.15) is 53.4 Å². The van der Waals surface area contributed by atoms with Crippen LogP contribution in [0.25, 0.3) is 0 Å². The van der Waals surface area contributed by atoms with Crippen LogP contribution in [0, 0.1) is 11.8 Å². The van der Waals surface area contributed by atoms with Gasteiger partial charge in [0.1, 0.15) is 5.60 Å². The third kappa shape index (κ3) is 5.64. The maximum atomic E-state index is 12.2. The number of hydrogen-bond acceptors (Lipinski definition) is 4. The van der Waals surface area contributed by atoms with E-state index in [4.69, 9.17) is 9.47 Å². The number of carbonyl (C=O) groups is 1. The van der Waals surface area contributed by atoms with Crippen LogP contribution < -0.4 is 5.32 Å². The molecule has 0 bridgehead atoms. The normalized spacial score (nSPS) is 32.1. The summed E-state index contributed by atoms with van der Waals surface area (Å²) in [5.74, 6) is 1.60. The van der Waals surface area contributed by atoms with Gasteiger partial charge in [-0.2, -0.15) is 0 Å². The van der Waals surface area contributed by atoms with Crippen molar-refractivity contribution in [2.24, 2.45) is 11.8 Å². The molecule has 1 amide bonds. The second-order valence-electron chi connectivity index (χ2n) is 8.31. The molecule has 0 aromatic carbocycles.